The van der Waals surface area contributed by atoms with Gasteiger partial charge in [0.2, 0.25) is 0 Å². The van der Waals surface area contributed by atoms with Crippen molar-refractivity contribution in [3.05, 3.63) is 42.2 Å². The fourth-order valence-electron chi connectivity index (χ4n) is 2.56. The number of hydrogen-bond acceptors (Lipinski definition) is 3. The van der Waals surface area contributed by atoms with Crippen LogP contribution in [-0.4, -0.2) is 44.3 Å². The molecule has 1 aliphatic carbocycles. The molecule has 0 unspecified atom stereocenters. The second kappa shape index (κ2) is 6.26. The van der Waals surface area contributed by atoms with E-state index in [-0.39, 0.29) is 5.91 Å². The summed E-state index contributed by atoms with van der Waals surface area (Å²) in [6, 6.07) is 7.73. The molecule has 0 radical (unpaired) electrons. The maximum atomic E-state index is 12.9. The average molecular weight is 305 g/mol. The van der Waals surface area contributed by atoms with E-state index >= 15 is 0 Å². The van der Waals surface area contributed by atoms with Crippen molar-refractivity contribution >= 4 is 17.5 Å². The number of hydrogen-bond donors (Lipinski definition) is 0. The van der Waals surface area contributed by atoms with Gasteiger partial charge < -0.3 is 4.90 Å². The van der Waals surface area contributed by atoms with E-state index < -0.39 is 0 Å². The summed E-state index contributed by atoms with van der Waals surface area (Å²) in [5.74, 6) is 0.456. The Balaban J connectivity index is 1.93. The highest BCUT2D eigenvalue weighted by Crippen LogP contribution is 2.27. The Kier molecular flexibility index (Phi) is 4.20. The molecule has 0 bridgehead atoms. The highest BCUT2D eigenvalue weighted by Gasteiger charge is 2.30. The zero-order valence-electron chi connectivity index (χ0n) is 11.7. The largest absolute Gasteiger partial charge is 0.334 e. The molecule has 0 aliphatic heterocycles. The molecule has 1 saturated carbocycles. The van der Waals surface area contributed by atoms with Crippen LogP contribution in [0.2, 0.25) is 0 Å². The van der Waals surface area contributed by atoms with Gasteiger partial charge in [-0.05, 0) is 31.4 Å². The van der Waals surface area contributed by atoms with Gasteiger partial charge in [0.25, 0.3) is 5.91 Å². The van der Waals surface area contributed by atoms with Crippen LogP contribution < -0.4 is 0 Å². The third-order valence-corrected chi connectivity index (χ3v) is 4.04. The van der Waals surface area contributed by atoms with E-state index in [1.54, 1.807) is 12.4 Å². The highest BCUT2D eigenvalue weighted by atomic mass is 35.5. The first-order valence-electron chi connectivity index (χ1n) is 7.14. The minimum absolute atomic E-state index is 0.00764. The van der Waals surface area contributed by atoms with Crippen LogP contribution in [0.4, 0.5) is 0 Å². The summed E-state index contributed by atoms with van der Waals surface area (Å²) in [4.78, 5) is 16.3. The van der Waals surface area contributed by atoms with Crippen LogP contribution in [-0.2, 0) is 0 Å². The monoisotopic (exact) mass is 304 g/mol. The number of carbonyl (C=O) groups is 1. The van der Waals surface area contributed by atoms with Gasteiger partial charge in [0.05, 0.1) is 23.6 Å². The summed E-state index contributed by atoms with van der Waals surface area (Å²) >= 11 is 5.87. The van der Waals surface area contributed by atoms with Crippen molar-refractivity contribution in [2.45, 2.75) is 25.3 Å². The third kappa shape index (κ3) is 2.78. The van der Waals surface area contributed by atoms with Crippen LogP contribution in [0.25, 0.3) is 5.69 Å². The van der Waals surface area contributed by atoms with E-state index in [0.29, 0.717) is 29.7 Å². The summed E-state index contributed by atoms with van der Waals surface area (Å²) in [6.45, 7) is 0.575. The standard InChI is InChI=1S/C15H17ClN4O/c16-8-11-19(12-4-3-5-12)15(21)13-6-1-2-7-14(13)20-17-9-10-18-20/h1-2,6-7,9-10,12H,3-5,8,11H2. The first kappa shape index (κ1) is 14.1. The number of amides is 1. The van der Waals surface area contributed by atoms with Gasteiger partial charge in [-0.2, -0.15) is 15.0 Å². The molecule has 21 heavy (non-hydrogen) atoms. The van der Waals surface area contributed by atoms with Gasteiger partial charge in [0.1, 0.15) is 0 Å². The first-order valence-corrected chi connectivity index (χ1v) is 7.67. The van der Waals surface area contributed by atoms with Crippen LogP contribution in [0.15, 0.2) is 36.7 Å². The predicted molar refractivity (Wildman–Crippen MR) is 80.8 cm³/mol. The van der Waals surface area contributed by atoms with Crippen LogP contribution in [0.1, 0.15) is 29.6 Å². The molecule has 0 saturated heterocycles. The van der Waals surface area contributed by atoms with Gasteiger partial charge in [0, 0.05) is 18.5 Å². The average Bonchev–Trinajstić information content (AvgIpc) is 2.98. The number of benzene rings is 1. The van der Waals surface area contributed by atoms with E-state index in [2.05, 4.69) is 10.2 Å². The van der Waals surface area contributed by atoms with Crippen molar-refractivity contribution in [3.8, 4) is 5.69 Å². The van der Waals surface area contributed by atoms with Gasteiger partial charge in [-0.1, -0.05) is 12.1 Å². The Morgan fingerprint density at radius 2 is 2.00 bits per heavy atom. The molecule has 1 aromatic heterocycles. The Bertz CT molecular complexity index is 610. The number of aromatic nitrogens is 3. The van der Waals surface area contributed by atoms with Crippen molar-refractivity contribution in [1.82, 2.24) is 19.9 Å². The Morgan fingerprint density at radius 1 is 1.29 bits per heavy atom. The molecule has 1 fully saturated rings. The SMILES string of the molecule is O=C(c1ccccc1-n1nccn1)N(CCCl)C1CCC1. The maximum absolute atomic E-state index is 12.9. The molecule has 5 nitrogen and oxygen atoms in total. The first-order chi connectivity index (χ1) is 10.3. The molecular weight excluding hydrogens is 288 g/mol. The zero-order valence-corrected chi connectivity index (χ0v) is 12.4. The van der Waals surface area contributed by atoms with Crippen molar-refractivity contribution in [1.29, 1.82) is 0 Å². The van der Waals surface area contributed by atoms with Gasteiger partial charge in [0.15, 0.2) is 0 Å². The number of para-hydroxylation sites is 1. The lowest BCUT2D eigenvalue weighted by molar-refractivity contribution is 0.0597. The predicted octanol–water partition coefficient (Wildman–Crippen LogP) is 2.50. The summed E-state index contributed by atoms with van der Waals surface area (Å²) in [6.07, 6.45) is 6.50. The zero-order chi connectivity index (χ0) is 14.7. The van der Waals surface area contributed by atoms with E-state index in [9.17, 15) is 4.79 Å². The highest BCUT2D eigenvalue weighted by molar-refractivity contribution is 6.18. The summed E-state index contributed by atoms with van der Waals surface area (Å²) < 4.78 is 0. The van der Waals surface area contributed by atoms with Crippen molar-refractivity contribution < 1.29 is 4.79 Å². The van der Waals surface area contributed by atoms with Crippen molar-refractivity contribution in [2.75, 3.05) is 12.4 Å². The molecule has 3 rings (SSSR count). The van der Waals surface area contributed by atoms with E-state index in [1.807, 2.05) is 29.2 Å². The fraction of sp³-hybridized carbons (Fsp3) is 0.400. The normalized spacial score (nSPS) is 14.7. The lowest BCUT2D eigenvalue weighted by Crippen LogP contribution is -2.45. The van der Waals surface area contributed by atoms with E-state index in [0.717, 1.165) is 12.8 Å². The van der Waals surface area contributed by atoms with Gasteiger partial charge in [-0.25, -0.2) is 0 Å². The summed E-state index contributed by atoms with van der Waals surface area (Å²) in [5, 5.41) is 8.25. The quantitative estimate of drug-likeness (QED) is 0.798. The molecular formula is C15H17ClN4O. The lowest BCUT2D eigenvalue weighted by Gasteiger charge is -2.37. The molecule has 1 amide bonds. The molecule has 1 aromatic carbocycles. The van der Waals surface area contributed by atoms with Crippen LogP contribution in [0, 0.1) is 0 Å². The Hall–Kier alpha value is -1.88. The Labute approximate surface area is 128 Å². The molecule has 1 aliphatic rings. The fourth-order valence-corrected chi connectivity index (χ4v) is 2.75. The molecule has 1 heterocycles. The van der Waals surface area contributed by atoms with E-state index in [1.165, 1.54) is 11.2 Å². The topological polar surface area (TPSA) is 51.0 Å². The maximum Gasteiger partial charge on any atom is 0.256 e. The molecule has 0 atom stereocenters. The van der Waals surface area contributed by atoms with Crippen molar-refractivity contribution in [2.24, 2.45) is 0 Å². The Morgan fingerprint density at radius 3 is 2.62 bits per heavy atom. The minimum Gasteiger partial charge on any atom is -0.334 e. The summed E-state index contributed by atoms with van der Waals surface area (Å²) in [5.41, 5.74) is 1.32. The van der Waals surface area contributed by atoms with Gasteiger partial charge in [-0.3, -0.25) is 4.79 Å². The third-order valence-electron chi connectivity index (χ3n) is 3.87. The van der Waals surface area contributed by atoms with Crippen LogP contribution >= 0.6 is 11.6 Å². The van der Waals surface area contributed by atoms with Gasteiger partial charge >= 0.3 is 0 Å². The summed E-state index contributed by atoms with van der Waals surface area (Å²) in [7, 11) is 0. The number of halogens is 1. The van der Waals surface area contributed by atoms with Crippen LogP contribution in [0.5, 0.6) is 0 Å². The molecule has 110 valence electrons. The smallest absolute Gasteiger partial charge is 0.256 e. The van der Waals surface area contributed by atoms with E-state index in [4.69, 9.17) is 11.6 Å². The second-order valence-corrected chi connectivity index (χ2v) is 5.49. The van der Waals surface area contributed by atoms with Gasteiger partial charge in [-0.15, -0.1) is 11.6 Å². The minimum atomic E-state index is 0.00764. The van der Waals surface area contributed by atoms with Crippen molar-refractivity contribution in [3.63, 3.8) is 0 Å². The number of alkyl halides is 1. The number of nitrogens with zero attached hydrogens (tertiary/aromatic N) is 4. The number of carbonyl (C=O) groups excluding carboxylic acids is 1. The molecule has 6 heteroatoms. The molecule has 0 spiro atoms. The molecule has 2 aromatic rings. The lowest BCUT2D eigenvalue weighted by atomic mass is 9.91. The molecule has 0 N–H and O–H groups in total. The second-order valence-electron chi connectivity index (χ2n) is 5.11. The van der Waals surface area contributed by atoms with Crippen LogP contribution in [0.3, 0.4) is 0 Å². The number of rotatable bonds is 5.